The molecule has 176 valence electrons. The molecule has 2 aromatic heterocycles. The van der Waals surface area contributed by atoms with Crippen LogP contribution in [0.2, 0.25) is 0 Å². The van der Waals surface area contributed by atoms with Crippen LogP contribution in [0.3, 0.4) is 0 Å². The number of alkyl halides is 3. The summed E-state index contributed by atoms with van der Waals surface area (Å²) in [5, 5.41) is 7.83. The lowest BCUT2D eigenvalue weighted by Crippen LogP contribution is -2.48. The average molecular weight is 482 g/mol. The van der Waals surface area contributed by atoms with Gasteiger partial charge in [-0.25, -0.2) is 4.98 Å². The van der Waals surface area contributed by atoms with Crippen molar-refractivity contribution in [2.24, 2.45) is 0 Å². The molecule has 1 aliphatic rings. The van der Waals surface area contributed by atoms with Crippen molar-refractivity contribution in [2.75, 3.05) is 38.0 Å². The molecule has 0 bridgehead atoms. The summed E-state index contributed by atoms with van der Waals surface area (Å²) >= 11 is 1.39. The van der Waals surface area contributed by atoms with Crippen molar-refractivity contribution in [3.8, 4) is 5.75 Å². The van der Waals surface area contributed by atoms with E-state index in [4.69, 9.17) is 0 Å². The third-order valence-electron chi connectivity index (χ3n) is 4.98. The molecule has 4 rings (SSSR count). The molecule has 1 aromatic carbocycles. The zero-order valence-corrected chi connectivity index (χ0v) is 18.4. The monoisotopic (exact) mass is 482 g/mol. The van der Waals surface area contributed by atoms with Gasteiger partial charge in [0.25, 0.3) is 5.56 Å². The van der Waals surface area contributed by atoms with Gasteiger partial charge in [0.05, 0.1) is 13.1 Å². The Labute approximate surface area is 190 Å². The number of aryl methyl sites for hydroxylation is 1. The van der Waals surface area contributed by atoms with Crippen molar-refractivity contribution >= 4 is 27.9 Å². The van der Waals surface area contributed by atoms with Crippen LogP contribution in [0.5, 0.6) is 5.75 Å². The fourth-order valence-electron chi connectivity index (χ4n) is 3.46. The van der Waals surface area contributed by atoms with Crippen molar-refractivity contribution in [2.45, 2.75) is 19.8 Å². The van der Waals surface area contributed by atoms with E-state index in [1.807, 2.05) is 4.90 Å². The number of rotatable bonds is 6. The maximum absolute atomic E-state index is 12.3. The molecule has 3 heterocycles. The van der Waals surface area contributed by atoms with Gasteiger partial charge in [-0.3, -0.25) is 19.4 Å². The van der Waals surface area contributed by atoms with Crippen LogP contribution in [0.15, 0.2) is 35.1 Å². The maximum Gasteiger partial charge on any atom is 0.573 e. The van der Waals surface area contributed by atoms with Crippen LogP contribution in [0.1, 0.15) is 10.7 Å². The average Bonchev–Trinajstić information content (AvgIpc) is 3.12. The number of aromatic nitrogens is 3. The first kappa shape index (κ1) is 23.1. The van der Waals surface area contributed by atoms with Crippen LogP contribution in [0.25, 0.3) is 4.96 Å². The third-order valence-corrected chi connectivity index (χ3v) is 5.87. The van der Waals surface area contributed by atoms with E-state index in [0.29, 0.717) is 36.0 Å². The Bertz CT molecular complexity index is 1190. The Morgan fingerprint density at radius 2 is 1.82 bits per heavy atom. The molecule has 0 radical (unpaired) electrons. The molecule has 1 aliphatic heterocycles. The van der Waals surface area contributed by atoms with Gasteiger partial charge in [-0.1, -0.05) is 11.3 Å². The Balaban J connectivity index is 1.24. The first-order chi connectivity index (χ1) is 15.6. The van der Waals surface area contributed by atoms with Gasteiger partial charge in [0, 0.05) is 43.6 Å². The van der Waals surface area contributed by atoms with Crippen LogP contribution >= 0.6 is 11.3 Å². The third kappa shape index (κ3) is 6.27. The lowest BCUT2D eigenvalue weighted by molar-refractivity contribution is -0.274. The normalized spacial score (nSPS) is 15.6. The Morgan fingerprint density at radius 3 is 2.48 bits per heavy atom. The number of hydrogen-bond acceptors (Lipinski definition) is 8. The second kappa shape index (κ2) is 9.45. The van der Waals surface area contributed by atoms with Crippen LogP contribution < -0.4 is 15.6 Å². The molecule has 3 aromatic rings. The van der Waals surface area contributed by atoms with E-state index < -0.39 is 6.36 Å². The number of ether oxygens (including phenoxy) is 1. The molecule has 33 heavy (non-hydrogen) atoms. The number of hydrogen-bond donors (Lipinski definition) is 1. The lowest BCUT2D eigenvalue weighted by Gasteiger charge is -2.33. The van der Waals surface area contributed by atoms with Crippen molar-refractivity contribution in [1.29, 1.82) is 0 Å². The van der Waals surface area contributed by atoms with Crippen LogP contribution in [-0.4, -0.2) is 69.4 Å². The van der Waals surface area contributed by atoms with E-state index in [1.165, 1.54) is 34.1 Å². The number of fused-ring (bicyclic) bond motifs is 1. The minimum Gasteiger partial charge on any atom is -0.406 e. The van der Waals surface area contributed by atoms with Crippen LogP contribution in [0.4, 0.5) is 18.9 Å². The minimum atomic E-state index is -4.76. The maximum atomic E-state index is 12.3. The van der Waals surface area contributed by atoms with E-state index in [9.17, 15) is 22.8 Å². The summed E-state index contributed by atoms with van der Waals surface area (Å²) in [6, 6.07) is 6.46. The van der Waals surface area contributed by atoms with Gasteiger partial charge in [-0.15, -0.1) is 13.2 Å². The molecule has 0 saturated carbocycles. The highest BCUT2D eigenvalue weighted by Crippen LogP contribution is 2.24. The predicted octanol–water partition coefficient (Wildman–Crippen LogP) is 2.11. The van der Waals surface area contributed by atoms with E-state index >= 15 is 0 Å². The quantitative estimate of drug-likeness (QED) is 0.576. The molecule has 1 fully saturated rings. The van der Waals surface area contributed by atoms with Gasteiger partial charge in [-0.2, -0.15) is 9.61 Å². The largest absolute Gasteiger partial charge is 0.573 e. The molecule has 0 unspecified atom stereocenters. The summed E-state index contributed by atoms with van der Waals surface area (Å²) in [4.78, 5) is 33.4. The molecule has 1 N–H and O–H groups in total. The molecule has 0 spiro atoms. The van der Waals surface area contributed by atoms with Gasteiger partial charge >= 0.3 is 6.36 Å². The van der Waals surface area contributed by atoms with Gasteiger partial charge in [-0.05, 0) is 31.2 Å². The molecule has 1 amide bonds. The number of carbonyl (C=O) groups excluding carboxylic acids is 1. The van der Waals surface area contributed by atoms with Gasteiger partial charge in [0.15, 0.2) is 0 Å². The molecule has 13 heteroatoms. The highest BCUT2D eigenvalue weighted by Gasteiger charge is 2.31. The predicted molar refractivity (Wildman–Crippen MR) is 115 cm³/mol. The molecule has 0 atom stereocenters. The molecular formula is C20H21F3N6O3S. The van der Waals surface area contributed by atoms with Crippen LogP contribution in [0, 0.1) is 6.92 Å². The minimum absolute atomic E-state index is 0.175. The van der Waals surface area contributed by atoms with E-state index in [0.717, 1.165) is 30.2 Å². The Morgan fingerprint density at radius 1 is 1.15 bits per heavy atom. The molecule has 0 aliphatic carbocycles. The highest BCUT2D eigenvalue weighted by atomic mass is 32.1. The highest BCUT2D eigenvalue weighted by molar-refractivity contribution is 7.16. The van der Waals surface area contributed by atoms with Crippen molar-refractivity contribution in [3.63, 3.8) is 0 Å². The summed E-state index contributed by atoms with van der Waals surface area (Å²) in [6.45, 7) is 5.35. The van der Waals surface area contributed by atoms with Gasteiger partial charge in [0.1, 0.15) is 10.8 Å². The number of benzene rings is 1. The summed E-state index contributed by atoms with van der Waals surface area (Å²) in [5.41, 5.74) is 0.856. The first-order valence-electron chi connectivity index (χ1n) is 10.1. The number of amides is 1. The second-order valence-electron chi connectivity index (χ2n) is 7.60. The van der Waals surface area contributed by atoms with Crippen LogP contribution in [-0.2, 0) is 11.3 Å². The number of nitrogens with zero attached hydrogens (tertiary/aromatic N) is 5. The van der Waals surface area contributed by atoms with E-state index in [1.54, 1.807) is 6.92 Å². The molecule has 9 nitrogen and oxygen atoms in total. The number of carbonyl (C=O) groups is 1. The van der Waals surface area contributed by atoms with Crippen molar-refractivity contribution in [1.82, 2.24) is 24.4 Å². The van der Waals surface area contributed by atoms with Crippen molar-refractivity contribution in [3.05, 3.63) is 51.4 Å². The second-order valence-corrected chi connectivity index (χ2v) is 8.64. The summed E-state index contributed by atoms with van der Waals surface area (Å²) in [6.07, 6.45) is -4.76. The lowest BCUT2D eigenvalue weighted by atomic mass is 10.3. The topological polar surface area (TPSA) is 92.1 Å². The number of piperazine rings is 1. The molecular weight excluding hydrogens is 461 g/mol. The summed E-state index contributed by atoms with van der Waals surface area (Å²) in [5.74, 6) is -0.597. The SMILES string of the molecule is Cc1cc(=O)n2nc(CN3CCN(CC(=O)Nc4ccc(OC(F)(F)F)cc4)CC3)sc2n1. The number of halogens is 3. The molecule has 1 saturated heterocycles. The van der Waals surface area contributed by atoms with Gasteiger partial charge in [0.2, 0.25) is 10.9 Å². The number of nitrogens with one attached hydrogen (secondary N) is 1. The first-order valence-corrected chi connectivity index (χ1v) is 10.9. The standard InChI is InChI=1S/C20H21F3N6O3S/c1-13-10-18(31)29-19(24-13)33-17(26-29)12-28-8-6-27(7-9-28)11-16(30)25-14-2-4-15(5-3-14)32-20(21,22)23/h2-5,10H,6-9,11-12H2,1H3,(H,25,30). The van der Waals surface area contributed by atoms with E-state index in [-0.39, 0.29) is 23.8 Å². The fraction of sp³-hybridized carbons (Fsp3) is 0.400. The number of anilines is 1. The smallest absolute Gasteiger partial charge is 0.406 e. The zero-order valence-electron chi connectivity index (χ0n) is 17.6. The summed E-state index contributed by atoms with van der Waals surface area (Å²) in [7, 11) is 0. The fourth-order valence-corrected chi connectivity index (χ4v) is 4.45. The van der Waals surface area contributed by atoms with E-state index in [2.05, 4.69) is 25.0 Å². The Hall–Kier alpha value is -3.03. The Kier molecular flexibility index (Phi) is 6.63. The summed E-state index contributed by atoms with van der Waals surface area (Å²) < 4.78 is 41.8. The van der Waals surface area contributed by atoms with Gasteiger partial charge < -0.3 is 10.1 Å². The zero-order chi connectivity index (χ0) is 23.6. The van der Waals surface area contributed by atoms with Crippen molar-refractivity contribution < 1.29 is 22.7 Å².